The van der Waals surface area contributed by atoms with E-state index in [0.717, 1.165) is 12.1 Å². The number of nitrogens with zero attached hydrogens (tertiary/aromatic N) is 2. The number of alkyl halides is 3. The fourth-order valence-electron chi connectivity index (χ4n) is 2.24. The third-order valence-electron chi connectivity index (χ3n) is 3.32. The minimum atomic E-state index is -5.02. The van der Waals surface area contributed by atoms with E-state index in [1.807, 2.05) is 0 Å². The second-order valence-corrected chi connectivity index (χ2v) is 6.88. The lowest BCUT2D eigenvalue weighted by Gasteiger charge is -2.14. The third-order valence-corrected chi connectivity index (χ3v) is 4.76. The monoisotopic (exact) mass is 399 g/mol. The molecular formula is C16H12F3N3O4S. The minimum absolute atomic E-state index is 0.241. The summed E-state index contributed by atoms with van der Waals surface area (Å²) in [5, 5.41) is 0. The Labute approximate surface area is 151 Å². The summed E-state index contributed by atoms with van der Waals surface area (Å²) in [6.07, 6.45) is -0.842. The molecule has 0 spiro atoms. The van der Waals surface area contributed by atoms with E-state index in [-0.39, 0.29) is 12.2 Å². The van der Waals surface area contributed by atoms with Gasteiger partial charge in [-0.15, -0.1) is 13.2 Å². The molecule has 0 bridgehead atoms. The number of hydrogen-bond donors (Lipinski definition) is 1. The number of ether oxygens (including phenoxy) is 1. The Hall–Kier alpha value is -2.92. The van der Waals surface area contributed by atoms with Crippen molar-refractivity contribution in [2.75, 3.05) is 0 Å². The number of rotatable bonds is 6. The van der Waals surface area contributed by atoms with Gasteiger partial charge in [0.05, 0.1) is 18.5 Å². The molecule has 0 unspecified atom stereocenters. The molecule has 0 saturated carbocycles. The van der Waals surface area contributed by atoms with Gasteiger partial charge in [-0.25, -0.2) is 18.1 Å². The van der Waals surface area contributed by atoms with Crippen LogP contribution in [0, 0.1) is 0 Å². The Balaban J connectivity index is 1.86. The lowest BCUT2D eigenvalue weighted by Crippen LogP contribution is -2.26. The Kier molecular flexibility index (Phi) is 5.15. The topological polar surface area (TPSA) is 94.3 Å². The quantitative estimate of drug-likeness (QED) is 0.685. The van der Waals surface area contributed by atoms with Crippen LogP contribution in [0.4, 0.5) is 13.2 Å². The summed E-state index contributed by atoms with van der Waals surface area (Å²) < 4.78 is 73.7. The van der Waals surface area contributed by atoms with Crippen molar-refractivity contribution in [1.29, 1.82) is 0 Å². The van der Waals surface area contributed by atoms with Gasteiger partial charge < -0.3 is 9.15 Å². The van der Waals surface area contributed by atoms with Gasteiger partial charge in [-0.2, -0.15) is 0 Å². The van der Waals surface area contributed by atoms with Gasteiger partial charge in [-0.3, -0.25) is 4.98 Å². The van der Waals surface area contributed by atoms with Crippen LogP contribution in [0.2, 0.25) is 0 Å². The molecule has 1 aromatic carbocycles. The smallest absolute Gasteiger partial charge is 0.463 e. The Morgan fingerprint density at radius 2 is 1.81 bits per heavy atom. The summed E-state index contributed by atoms with van der Waals surface area (Å²) >= 11 is 0. The number of sulfonamides is 1. The van der Waals surface area contributed by atoms with E-state index in [9.17, 15) is 21.6 Å². The van der Waals surface area contributed by atoms with Gasteiger partial charge in [0.2, 0.25) is 10.0 Å². The molecule has 0 saturated heterocycles. The molecule has 2 heterocycles. The minimum Gasteiger partial charge on any atom is -0.463 e. The average Bonchev–Trinajstić information content (AvgIpc) is 3.14. The van der Waals surface area contributed by atoms with Gasteiger partial charge in [-0.1, -0.05) is 12.1 Å². The second-order valence-electron chi connectivity index (χ2n) is 5.15. The zero-order chi connectivity index (χ0) is 19.5. The summed E-state index contributed by atoms with van der Waals surface area (Å²) in [6, 6.07) is 7.69. The van der Waals surface area contributed by atoms with Crippen LogP contribution in [-0.4, -0.2) is 24.7 Å². The molecule has 2 aromatic heterocycles. The van der Waals surface area contributed by atoms with Crippen LogP contribution in [0.3, 0.4) is 0 Å². The summed E-state index contributed by atoms with van der Waals surface area (Å²) in [5.41, 5.74) is 0.551. The Morgan fingerprint density at radius 1 is 1.07 bits per heavy atom. The molecule has 1 N–H and O–H groups in total. The van der Waals surface area contributed by atoms with E-state index >= 15 is 0 Å². The molecule has 0 fully saturated rings. The first-order valence-electron chi connectivity index (χ1n) is 7.44. The van der Waals surface area contributed by atoms with Crippen molar-refractivity contribution in [3.8, 4) is 17.2 Å². The first kappa shape index (κ1) is 18.9. The normalized spacial score (nSPS) is 12.1. The lowest BCUT2D eigenvalue weighted by atomic mass is 10.2. The molecule has 3 rings (SSSR count). The van der Waals surface area contributed by atoms with Crippen molar-refractivity contribution in [2.45, 2.75) is 17.8 Å². The van der Waals surface area contributed by atoms with Gasteiger partial charge in [0.15, 0.2) is 5.76 Å². The number of aromatic nitrogens is 2. The zero-order valence-corrected chi connectivity index (χ0v) is 14.3. The molecule has 142 valence electrons. The SMILES string of the molecule is O=S(=O)(NCc1nccnc1-c1ccco1)c1ccccc1OC(F)(F)F. The fraction of sp³-hybridized carbons (Fsp3) is 0.125. The molecule has 27 heavy (non-hydrogen) atoms. The van der Waals surface area contributed by atoms with E-state index in [1.165, 1.54) is 30.8 Å². The maximum atomic E-state index is 12.5. The first-order chi connectivity index (χ1) is 12.8. The zero-order valence-electron chi connectivity index (χ0n) is 13.5. The van der Waals surface area contributed by atoms with Crippen molar-refractivity contribution in [1.82, 2.24) is 14.7 Å². The highest BCUT2D eigenvalue weighted by Crippen LogP contribution is 2.29. The lowest BCUT2D eigenvalue weighted by molar-refractivity contribution is -0.275. The van der Waals surface area contributed by atoms with Crippen molar-refractivity contribution < 1.29 is 30.7 Å². The summed E-state index contributed by atoms with van der Waals surface area (Å²) in [7, 11) is -4.32. The fourth-order valence-corrected chi connectivity index (χ4v) is 3.35. The maximum Gasteiger partial charge on any atom is 0.573 e. The van der Waals surface area contributed by atoms with Crippen LogP contribution in [0.15, 0.2) is 64.4 Å². The van der Waals surface area contributed by atoms with Crippen LogP contribution < -0.4 is 9.46 Å². The number of hydrogen-bond acceptors (Lipinski definition) is 6. The standard InChI is InChI=1S/C16H12F3N3O4S/c17-16(18,19)26-12-4-1-2-6-14(12)27(23,24)22-10-11-15(21-8-7-20-11)13-5-3-9-25-13/h1-9,22H,10H2. The van der Waals surface area contributed by atoms with Gasteiger partial charge >= 0.3 is 6.36 Å². The molecule has 7 nitrogen and oxygen atoms in total. The molecular weight excluding hydrogens is 387 g/mol. The van der Waals surface area contributed by atoms with Gasteiger partial charge in [0.25, 0.3) is 0 Å². The molecule has 0 radical (unpaired) electrons. The Morgan fingerprint density at radius 3 is 2.52 bits per heavy atom. The highest BCUT2D eigenvalue weighted by molar-refractivity contribution is 7.89. The molecule has 0 aliphatic carbocycles. The highest BCUT2D eigenvalue weighted by Gasteiger charge is 2.34. The van der Waals surface area contributed by atoms with Crippen molar-refractivity contribution in [2.24, 2.45) is 0 Å². The predicted molar refractivity (Wildman–Crippen MR) is 86.9 cm³/mol. The molecule has 3 aromatic rings. The summed E-state index contributed by atoms with van der Waals surface area (Å²) in [4.78, 5) is 7.50. The third kappa shape index (κ3) is 4.63. The number of benzene rings is 1. The predicted octanol–water partition coefficient (Wildman–Crippen LogP) is 3.11. The van der Waals surface area contributed by atoms with E-state index in [0.29, 0.717) is 11.5 Å². The number of furan rings is 1. The number of nitrogens with one attached hydrogen (secondary N) is 1. The molecule has 0 aliphatic heterocycles. The van der Waals surface area contributed by atoms with Crippen LogP contribution in [0.5, 0.6) is 5.75 Å². The Bertz CT molecular complexity index is 1020. The van der Waals surface area contributed by atoms with E-state index in [2.05, 4.69) is 19.4 Å². The van der Waals surface area contributed by atoms with Gasteiger partial charge in [-0.05, 0) is 24.3 Å². The molecule has 0 amide bonds. The summed E-state index contributed by atoms with van der Waals surface area (Å²) in [5.74, 6) is -0.457. The first-order valence-corrected chi connectivity index (χ1v) is 8.93. The number of halogens is 3. The van der Waals surface area contributed by atoms with Crippen LogP contribution in [0.25, 0.3) is 11.5 Å². The van der Waals surface area contributed by atoms with Gasteiger partial charge in [0.1, 0.15) is 16.3 Å². The molecule has 0 aliphatic rings. The van der Waals surface area contributed by atoms with Gasteiger partial charge in [0, 0.05) is 12.4 Å². The average molecular weight is 399 g/mol. The van der Waals surface area contributed by atoms with E-state index < -0.39 is 27.0 Å². The van der Waals surface area contributed by atoms with E-state index in [1.54, 1.807) is 12.1 Å². The van der Waals surface area contributed by atoms with Crippen molar-refractivity contribution in [3.63, 3.8) is 0 Å². The number of para-hydroxylation sites is 1. The highest BCUT2D eigenvalue weighted by atomic mass is 32.2. The van der Waals surface area contributed by atoms with Crippen LogP contribution >= 0.6 is 0 Å². The largest absolute Gasteiger partial charge is 0.573 e. The van der Waals surface area contributed by atoms with Crippen molar-refractivity contribution >= 4 is 10.0 Å². The molecule has 11 heteroatoms. The van der Waals surface area contributed by atoms with Crippen LogP contribution in [0.1, 0.15) is 5.69 Å². The molecule has 0 atom stereocenters. The van der Waals surface area contributed by atoms with E-state index in [4.69, 9.17) is 4.42 Å². The summed E-state index contributed by atoms with van der Waals surface area (Å²) in [6.45, 7) is -0.313. The van der Waals surface area contributed by atoms with Crippen LogP contribution in [-0.2, 0) is 16.6 Å². The second kappa shape index (κ2) is 7.37. The maximum absolute atomic E-state index is 12.5. The van der Waals surface area contributed by atoms with Crippen molar-refractivity contribution in [3.05, 3.63) is 60.7 Å².